The maximum Gasteiger partial charge on any atom is 0.110 e. The van der Waals surface area contributed by atoms with E-state index >= 15 is 0 Å². The van der Waals surface area contributed by atoms with E-state index in [-0.39, 0.29) is 18.3 Å². The summed E-state index contributed by atoms with van der Waals surface area (Å²) >= 11 is 0. The van der Waals surface area contributed by atoms with E-state index in [0.717, 1.165) is 0 Å². The van der Waals surface area contributed by atoms with Crippen molar-refractivity contribution >= 4 is 0 Å². The number of aliphatic hydroxyl groups excluding tert-OH is 1. The van der Waals surface area contributed by atoms with Crippen LogP contribution in [0.5, 0.6) is 0 Å². The third-order valence-corrected chi connectivity index (χ3v) is 1.55. The van der Waals surface area contributed by atoms with Crippen LogP contribution in [0.4, 0.5) is 0 Å². The number of rotatable bonds is 3. The maximum absolute atomic E-state index is 9.16. The molecule has 1 aliphatic heterocycles. The summed E-state index contributed by atoms with van der Waals surface area (Å²) in [5.41, 5.74) is 0. The number of ether oxygens (including phenoxy) is 1. The first kappa shape index (κ1) is 6.78. The van der Waals surface area contributed by atoms with E-state index in [9.17, 15) is 0 Å². The lowest BCUT2D eigenvalue weighted by molar-refractivity contribution is 0.138. The van der Waals surface area contributed by atoms with Crippen LogP contribution >= 0.6 is 0 Å². The summed E-state index contributed by atoms with van der Waals surface area (Å²) in [4.78, 5) is 0. The van der Waals surface area contributed by atoms with Gasteiger partial charge in [-0.05, 0) is 13.3 Å². The summed E-state index contributed by atoms with van der Waals surface area (Å²) in [5, 5.41) is 9.16. The minimum Gasteiger partial charge on any atom is -0.390 e. The molecule has 0 aromatic carbocycles. The standard InChI is InChI=1S/C7H12O2/c1-3-4-6(8)7-5(2)9-7/h3,5-8H,1,4H2,2H3. The second-order valence-corrected chi connectivity index (χ2v) is 2.40. The van der Waals surface area contributed by atoms with Crippen molar-refractivity contribution in [2.24, 2.45) is 0 Å². The minimum absolute atomic E-state index is 0.0722. The van der Waals surface area contributed by atoms with Crippen LogP contribution in [-0.4, -0.2) is 23.4 Å². The molecule has 0 aromatic rings. The van der Waals surface area contributed by atoms with Gasteiger partial charge in [-0.3, -0.25) is 0 Å². The molecule has 1 aliphatic rings. The van der Waals surface area contributed by atoms with Crippen LogP contribution in [0.25, 0.3) is 0 Å². The van der Waals surface area contributed by atoms with Gasteiger partial charge in [-0.15, -0.1) is 6.58 Å². The molecule has 1 heterocycles. The summed E-state index contributed by atoms with van der Waals surface area (Å²) < 4.78 is 5.03. The van der Waals surface area contributed by atoms with Gasteiger partial charge in [0.1, 0.15) is 6.10 Å². The van der Waals surface area contributed by atoms with Gasteiger partial charge in [-0.2, -0.15) is 0 Å². The lowest BCUT2D eigenvalue weighted by Crippen LogP contribution is -2.14. The first-order valence-corrected chi connectivity index (χ1v) is 3.20. The van der Waals surface area contributed by atoms with Crippen LogP contribution in [0.2, 0.25) is 0 Å². The van der Waals surface area contributed by atoms with Gasteiger partial charge in [-0.1, -0.05) is 6.08 Å². The van der Waals surface area contributed by atoms with Crippen molar-refractivity contribution in [1.29, 1.82) is 0 Å². The molecule has 3 unspecified atom stereocenters. The van der Waals surface area contributed by atoms with Gasteiger partial charge in [0, 0.05) is 0 Å². The highest BCUT2D eigenvalue weighted by Gasteiger charge is 2.39. The first-order valence-electron chi connectivity index (χ1n) is 3.20. The van der Waals surface area contributed by atoms with Crippen molar-refractivity contribution in [3.63, 3.8) is 0 Å². The fraction of sp³-hybridized carbons (Fsp3) is 0.714. The van der Waals surface area contributed by atoms with E-state index in [2.05, 4.69) is 6.58 Å². The molecule has 0 bridgehead atoms. The molecule has 1 rings (SSSR count). The Morgan fingerprint density at radius 3 is 2.78 bits per heavy atom. The Hall–Kier alpha value is -0.340. The normalized spacial score (nSPS) is 35.8. The minimum atomic E-state index is -0.336. The Labute approximate surface area is 55.1 Å². The molecule has 0 spiro atoms. The lowest BCUT2D eigenvalue weighted by atomic mass is 10.1. The highest BCUT2D eigenvalue weighted by Crippen LogP contribution is 2.25. The average Bonchev–Trinajstić information content (AvgIpc) is 2.47. The van der Waals surface area contributed by atoms with Crippen LogP contribution in [0, 0.1) is 0 Å². The Morgan fingerprint density at radius 2 is 2.44 bits per heavy atom. The molecule has 0 aromatic heterocycles. The lowest BCUT2D eigenvalue weighted by Gasteiger charge is -2.00. The summed E-state index contributed by atoms with van der Waals surface area (Å²) in [5.74, 6) is 0. The maximum atomic E-state index is 9.16. The molecule has 0 saturated carbocycles. The van der Waals surface area contributed by atoms with E-state index in [0.29, 0.717) is 6.42 Å². The quantitative estimate of drug-likeness (QED) is 0.448. The average molecular weight is 128 g/mol. The fourth-order valence-corrected chi connectivity index (χ4v) is 0.911. The molecule has 0 amide bonds. The molecule has 1 fully saturated rings. The van der Waals surface area contributed by atoms with E-state index in [1.165, 1.54) is 0 Å². The zero-order valence-electron chi connectivity index (χ0n) is 5.58. The van der Waals surface area contributed by atoms with Crippen molar-refractivity contribution in [2.75, 3.05) is 0 Å². The molecule has 2 nitrogen and oxygen atoms in total. The number of aliphatic hydroxyl groups is 1. The molecule has 52 valence electrons. The summed E-state index contributed by atoms with van der Waals surface area (Å²) in [6, 6.07) is 0. The Morgan fingerprint density at radius 1 is 1.89 bits per heavy atom. The van der Waals surface area contributed by atoms with E-state index < -0.39 is 0 Å². The second-order valence-electron chi connectivity index (χ2n) is 2.40. The van der Waals surface area contributed by atoms with Gasteiger partial charge >= 0.3 is 0 Å². The van der Waals surface area contributed by atoms with Crippen LogP contribution in [0.15, 0.2) is 12.7 Å². The number of epoxide rings is 1. The van der Waals surface area contributed by atoms with Gasteiger partial charge in [0.15, 0.2) is 0 Å². The molecule has 3 atom stereocenters. The van der Waals surface area contributed by atoms with E-state index in [1.807, 2.05) is 6.92 Å². The zero-order valence-corrected chi connectivity index (χ0v) is 5.58. The highest BCUT2D eigenvalue weighted by molar-refractivity contribution is 4.90. The summed E-state index contributed by atoms with van der Waals surface area (Å²) in [6.07, 6.45) is 2.33. The van der Waals surface area contributed by atoms with Gasteiger partial charge < -0.3 is 9.84 Å². The third-order valence-electron chi connectivity index (χ3n) is 1.55. The van der Waals surface area contributed by atoms with Crippen molar-refractivity contribution in [3.05, 3.63) is 12.7 Å². The van der Waals surface area contributed by atoms with Gasteiger partial charge in [0.05, 0.1) is 12.2 Å². The van der Waals surface area contributed by atoms with Crippen molar-refractivity contribution in [3.8, 4) is 0 Å². The Kier molecular flexibility index (Phi) is 1.88. The fourth-order valence-electron chi connectivity index (χ4n) is 0.911. The summed E-state index contributed by atoms with van der Waals surface area (Å²) in [7, 11) is 0. The van der Waals surface area contributed by atoms with Gasteiger partial charge in [0.2, 0.25) is 0 Å². The monoisotopic (exact) mass is 128 g/mol. The topological polar surface area (TPSA) is 32.8 Å². The molecular formula is C7H12O2. The van der Waals surface area contributed by atoms with Crippen LogP contribution < -0.4 is 0 Å². The molecular weight excluding hydrogens is 116 g/mol. The number of hydrogen-bond donors (Lipinski definition) is 1. The van der Waals surface area contributed by atoms with Gasteiger partial charge in [0.25, 0.3) is 0 Å². The van der Waals surface area contributed by atoms with Crippen LogP contribution in [0.1, 0.15) is 13.3 Å². The predicted octanol–water partition coefficient (Wildman–Crippen LogP) is 0.711. The molecule has 9 heavy (non-hydrogen) atoms. The van der Waals surface area contributed by atoms with E-state index in [1.54, 1.807) is 6.08 Å². The van der Waals surface area contributed by atoms with Crippen molar-refractivity contribution in [1.82, 2.24) is 0 Å². The van der Waals surface area contributed by atoms with E-state index in [4.69, 9.17) is 9.84 Å². The molecule has 0 aliphatic carbocycles. The van der Waals surface area contributed by atoms with Crippen molar-refractivity contribution < 1.29 is 9.84 Å². The SMILES string of the molecule is C=CCC(O)C1OC1C. The smallest absolute Gasteiger partial charge is 0.110 e. The second kappa shape index (κ2) is 2.50. The summed E-state index contributed by atoms with van der Waals surface area (Å²) in [6.45, 7) is 5.48. The Bertz CT molecular complexity index is 111. The molecule has 1 N–H and O–H groups in total. The number of hydrogen-bond acceptors (Lipinski definition) is 2. The Balaban J connectivity index is 2.18. The van der Waals surface area contributed by atoms with Crippen LogP contribution in [-0.2, 0) is 4.74 Å². The van der Waals surface area contributed by atoms with Gasteiger partial charge in [-0.25, -0.2) is 0 Å². The first-order chi connectivity index (χ1) is 4.25. The molecule has 2 heteroatoms. The van der Waals surface area contributed by atoms with Crippen LogP contribution in [0.3, 0.4) is 0 Å². The third kappa shape index (κ3) is 1.53. The highest BCUT2D eigenvalue weighted by atomic mass is 16.6. The van der Waals surface area contributed by atoms with Crippen molar-refractivity contribution in [2.45, 2.75) is 31.7 Å². The zero-order chi connectivity index (χ0) is 6.85. The molecule has 1 saturated heterocycles. The largest absolute Gasteiger partial charge is 0.390 e. The molecule has 0 radical (unpaired) electrons. The predicted molar refractivity (Wildman–Crippen MR) is 35.2 cm³/mol.